The van der Waals surface area contributed by atoms with E-state index in [9.17, 15) is 14.4 Å². The molecule has 1 aromatic heterocycles. The lowest BCUT2D eigenvalue weighted by Crippen LogP contribution is -2.37. The molecule has 1 saturated heterocycles. The molecule has 1 aliphatic carbocycles. The first-order valence-electron chi connectivity index (χ1n) is 11.9. The van der Waals surface area contributed by atoms with Gasteiger partial charge in [0.25, 0.3) is 0 Å². The fraction of sp³-hybridized carbons (Fsp3) is 0.370. The monoisotopic (exact) mass is 511 g/mol. The molecule has 0 atom stereocenters. The van der Waals surface area contributed by atoms with Crippen molar-refractivity contribution in [1.82, 2.24) is 0 Å². The van der Waals surface area contributed by atoms with E-state index in [2.05, 4.69) is 0 Å². The molecule has 8 nitrogen and oxygen atoms in total. The maximum absolute atomic E-state index is 12.8. The van der Waals surface area contributed by atoms with Crippen LogP contribution in [0.25, 0.3) is 22.3 Å². The smallest absolute Gasteiger partial charge is 0.308 e. The summed E-state index contributed by atoms with van der Waals surface area (Å²) in [6, 6.07) is 11.8. The van der Waals surface area contributed by atoms with E-state index in [-0.39, 0.29) is 35.9 Å². The van der Waals surface area contributed by atoms with E-state index in [0.717, 1.165) is 12.1 Å². The summed E-state index contributed by atoms with van der Waals surface area (Å²) in [5.41, 5.74) is 1.38. The van der Waals surface area contributed by atoms with Gasteiger partial charge in [-0.25, -0.2) is 0 Å². The third-order valence-corrected chi connectivity index (χ3v) is 6.94. The average Bonchev–Trinajstić information content (AvgIpc) is 3.28. The number of hydrogen-bond donors (Lipinski definition) is 0. The van der Waals surface area contributed by atoms with Gasteiger partial charge in [0.15, 0.2) is 11.0 Å². The lowest BCUT2D eigenvalue weighted by atomic mass is 9.82. The Bertz CT molecular complexity index is 1360. The number of amides is 1. The normalized spacial score (nSPS) is 19.4. The average molecular weight is 512 g/mol. The number of ether oxygens (including phenoxy) is 3. The van der Waals surface area contributed by atoms with Crippen LogP contribution in [-0.2, 0) is 19.1 Å². The third-order valence-electron chi connectivity index (χ3n) is 6.65. The van der Waals surface area contributed by atoms with Crippen molar-refractivity contribution in [3.05, 3.63) is 57.7 Å². The Balaban J connectivity index is 1.37. The summed E-state index contributed by atoms with van der Waals surface area (Å²) in [7, 11) is 1.39. The molecule has 2 aliphatic rings. The molecule has 0 bridgehead atoms. The predicted molar refractivity (Wildman–Crippen MR) is 134 cm³/mol. The van der Waals surface area contributed by atoms with E-state index in [0.29, 0.717) is 65.5 Å². The zero-order valence-electron chi connectivity index (χ0n) is 19.8. The number of nitrogens with zero attached hydrogens (tertiary/aromatic N) is 1. The molecule has 2 fully saturated rings. The Kier molecular flexibility index (Phi) is 6.98. The first-order chi connectivity index (χ1) is 17.4. The molecule has 0 spiro atoms. The summed E-state index contributed by atoms with van der Waals surface area (Å²) in [6.45, 7) is 1.20. The van der Waals surface area contributed by atoms with Gasteiger partial charge in [-0.2, -0.15) is 0 Å². The molecular formula is C27H26ClNO7. The molecule has 1 saturated carbocycles. The van der Waals surface area contributed by atoms with E-state index in [1.807, 2.05) is 6.07 Å². The minimum atomic E-state index is -0.216. The number of halogens is 1. The highest BCUT2D eigenvalue weighted by Gasteiger charge is 2.35. The quantitative estimate of drug-likeness (QED) is 0.322. The van der Waals surface area contributed by atoms with E-state index in [1.54, 1.807) is 35.2 Å². The van der Waals surface area contributed by atoms with Gasteiger partial charge in [0, 0.05) is 30.8 Å². The number of methoxy groups -OCH3 is 1. The Morgan fingerprint density at radius 3 is 2.72 bits per heavy atom. The van der Waals surface area contributed by atoms with Crippen molar-refractivity contribution in [3.63, 3.8) is 0 Å². The molecule has 2 heterocycles. The SMILES string of the molecule is COC(=O)C1CC(OCCOc2cc(N3CCCC3=O)ccc2-c2cc(=O)c3cccc(Cl)c3o2)C1. The van der Waals surface area contributed by atoms with Crippen LogP contribution in [0.3, 0.4) is 0 Å². The fourth-order valence-electron chi connectivity index (χ4n) is 4.63. The van der Waals surface area contributed by atoms with E-state index >= 15 is 0 Å². The number of rotatable bonds is 8. The van der Waals surface area contributed by atoms with Gasteiger partial charge in [0.05, 0.1) is 41.7 Å². The van der Waals surface area contributed by atoms with Crippen molar-refractivity contribution >= 4 is 40.1 Å². The maximum atomic E-state index is 12.8. The van der Waals surface area contributed by atoms with Crippen molar-refractivity contribution in [2.24, 2.45) is 5.92 Å². The first-order valence-corrected chi connectivity index (χ1v) is 12.3. The zero-order valence-corrected chi connectivity index (χ0v) is 20.6. The molecule has 188 valence electrons. The maximum Gasteiger partial charge on any atom is 0.308 e. The number of benzene rings is 2. The first kappa shape index (κ1) is 24.3. The van der Waals surface area contributed by atoms with Crippen molar-refractivity contribution in [3.8, 4) is 17.1 Å². The lowest BCUT2D eigenvalue weighted by molar-refractivity contribution is -0.155. The Hall–Kier alpha value is -3.36. The topological polar surface area (TPSA) is 95.3 Å². The molecule has 3 aromatic rings. The second-order valence-corrected chi connectivity index (χ2v) is 9.36. The van der Waals surface area contributed by atoms with E-state index in [1.165, 1.54) is 13.2 Å². The molecule has 1 aliphatic heterocycles. The Morgan fingerprint density at radius 1 is 1.14 bits per heavy atom. The number of esters is 1. The molecule has 0 unspecified atom stereocenters. The molecule has 0 radical (unpaired) electrons. The van der Waals surface area contributed by atoms with Crippen LogP contribution < -0.4 is 15.1 Å². The van der Waals surface area contributed by atoms with Gasteiger partial charge in [-0.3, -0.25) is 14.4 Å². The molecule has 9 heteroatoms. The van der Waals surface area contributed by atoms with Crippen LogP contribution in [-0.4, -0.2) is 44.8 Å². The van der Waals surface area contributed by atoms with Crippen molar-refractivity contribution < 1.29 is 28.2 Å². The van der Waals surface area contributed by atoms with Crippen LogP contribution in [0.15, 0.2) is 51.7 Å². The summed E-state index contributed by atoms with van der Waals surface area (Å²) in [5, 5.41) is 0.736. The minimum Gasteiger partial charge on any atom is -0.490 e. The van der Waals surface area contributed by atoms with Crippen LogP contribution in [0, 0.1) is 5.92 Å². The molecule has 2 aromatic carbocycles. The summed E-state index contributed by atoms with van der Waals surface area (Å²) in [6.07, 6.45) is 2.57. The Labute approximate surface area is 212 Å². The third kappa shape index (κ3) is 4.83. The fourth-order valence-corrected chi connectivity index (χ4v) is 4.84. The Morgan fingerprint density at radius 2 is 1.97 bits per heavy atom. The summed E-state index contributed by atoms with van der Waals surface area (Å²) in [5.74, 6) is 0.527. The van der Waals surface area contributed by atoms with Gasteiger partial charge in [0.2, 0.25) is 5.91 Å². The second kappa shape index (κ2) is 10.3. The molecule has 1 amide bonds. The lowest BCUT2D eigenvalue weighted by Gasteiger charge is -2.32. The number of carbonyl (C=O) groups is 2. The van der Waals surface area contributed by atoms with Crippen LogP contribution in [0.5, 0.6) is 5.75 Å². The van der Waals surface area contributed by atoms with Crippen LogP contribution in [0.1, 0.15) is 25.7 Å². The number of fused-ring (bicyclic) bond motifs is 1. The van der Waals surface area contributed by atoms with Gasteiger partial charge in [-0.05, 0) is 43.5 Å². The van der Waals surface area contributed by atoms with Crippen molar-refractivity contribution in [2.45, 2.75) is 31.8 Å². The molecule has 0 N–H and O–H groups in total. The highest BCUT2D eigenvalue weighted by Crippen LogP contribution is 2.37. The number of carbonyl (C=O) groups excluding carboxylic acids is 2. The summed E-state index contributed by atoms with van der Waals surface area (Å²) < 4.78 is 22.7. The molecular weight excluding hydrogens is 486 g/mol. The minimum absolute atomic E-state index is 0.00798. The van der Waals surface area contributed by atoms with Crippen LogP contribution in [0.2, 0.25) is 5.02 Å². The van der Waals surface area contributed by atoms with Gasteiger partial charge in [0.1, 0.15) is 18.1 Å². The van der Waals surface area contributed by atoms with Gasteiger partial charge < -0.3 is 23.5 Å². The molecule has 5 rings (SSSR count). The van der Waals surface area contributed by atoms with E-state index in [4.69, 9.17) is 30.2 Å². The number of hydrogen-bond acceptors (Lipinski definition) is 7. The van der Waals surface area contributed by atoms with Crippen molar-refractivity contribution in [1.29, 1.82) is 0 Å². The number of anilines is 1. The van der Waals surface area contributed by atoms with E-state index < -0.39 is 0 Å². The standard InChI is InChI=1S/C27H26ClNO7/c1-33-27(32)16-12-18(13-16)34-10-11-35-23-14-17(29-9-3-6-25(29)31)7-8-20(23)24-15-22(30)19-4-2-5-21(28)26(19)36-24/h2,4-5,7-8,14-16,18H,3,6,9-13H2,1H3. The van der Waals surface area contributed by atoms with Crippen molar-refractivity contribution in [2.75, 3.05) is 31.8 Å². The molecule has 36 heavy (non-hydrogen) atoms. The highest BCUT2D eigenvalue weighted by molar-refractivity contribution is 6.34. The van der Waals surface area contributed by atoms with Gasteiger partial charge >= 0.3 is 5.97 Å². The summed E-state index contributed by atoms with van der Waals surface area (Å²) >= 11 is 6.29. The zero-order chi connectivity index (χ0) is 25.2. The number of para-hydroxylation sites is 1. The van der Waals surface area contributed by atoms with Crippen LogP contribution >= 0.6 is 11.6 Å². The largest absolute Gasteiger partial charge is 0.490 e. The summed E-state index contributed by atoms with van der Waals surface area (Å²) in [4.78, 5) is 38.3. The van der Waals surface area contributed by atoms with Crippen LogP contribution in [0.4, 0.5) is 5.69 Å². The van der Waals surface area contributed by atoms with Gasteiger partial charge in [-0.1, -0.05) is 17.7 Å². The second-order valence-electron chi connectivity index (χ2n) is 8.95. The van der Waals surface area contributed by atoms with Gasteiger partial charge in [-0.15, -0.1) is 0 Å². The highest BCUT2D eigenvalue weighted by atomic mass is 35.5. The predicted octanol–water partition coefficient (Wildman–Crippen LogP) is 4.59.